The molecule has 0 bridgehead atoms. The average molecular weight is 312 g/mol. The highest BCUT2D eigenvalue weighted by atomic mass is 35.5. The molecule has 7 heteroatoms. The third kappa shape index (κ3) is 4.46. The van der Waals surface area contributed by atoms with Gasteiger partial charge in [-0.15, -0.1) is 0 Å². The number of esters is 1. The maximum Gasteiger partial charge on any atom is 0.357 e. The molecule has 0 saturated heterocycles. The number of nitrogens with zero attached hydrogens (tertiary/aromatic N) is 2. The molecule has 0 aliphatic heterocycles. The Kier molecular flexibility index (Phi) is 6.68. The molecule has 2 rings (SSSR count). The molecule has 0 unspecified atom stereocenters. The smallest absolute Gasteiger partial charge is 0.357 e. The molecule has 0 spiro atoms. The standard InChI is InChI=1S/C12H12ClN3O3.C2H6/c1-7-9(11(17)18-2)15-12(13)16-10(7)14-6-8-4-3-5-19-8;1-2/h3-5H,6H2,1-2H3,(H,14,15,16);1-2H3. The molecule has 0 aliphatic carbocycles. The first kappa shape index (κ1) is 17.0. The van der Waals surface area contributed by atoms with E-state index in [9.17, 15) is 4.79 Å². The first-order chi connectivity index (χ1) is 10.1. The molecular formula is C14H18ClN3O3. The van der Waals surface area contributed by atoms with Gasteiger partial charge in [0.2, 0.25) is 5.28 Å². The number of anilines is 1. The van der Waals surface area contributed by atoms with Crippen LogP contribution in [0.1, 0.15) is 35.7 Å². The summed E-state index contributed by atoms with van der Waals surface area (Å²) in [5, 5.41) is 3.02. The predicted molar refractivity (Wildman–Crippen MR) is 80.5 cm³/mol. The van der Waals surface area contributed by atoms with Crippen molar-refractivity contribution in [2.24, 2.45) is 0 Å². The van der Waals surface area contributed by atoms with Gasteiger partial charge in [-0.05, 0) is 30.7 Å². The molecule has 21 heavy (non-hydrogen) atoms. The van der Waals surface area contributed by atoms with Crippen LogP contribution in [0.25, 0.3) is 0 Å². The van der Waals surface area contributed by atoms with E-state index in [1.807, 2.05) is 19.9 Å². The van der Waals surface area contributed by atoms with Gasteiger partial charge in [0.15, 0.2) is 5.69 Å². The van der Waals surface area contributed by atoms with Crippen molar-refractivity contribution in [3.8, 4) is 0 Å². The zero-order chi connectivity index (χ0) is 15.8. The minimum atomic E-state index is -0.553. The van der Waals surface area contributed by atoms with Crippen LogP contribution in [0.5, 0.6) is 0 Å². The molecule has 6 nitrogen and oxygen atoms in total. The minimum Gasteiger partial charge on any atom is -0.467 e. The number of carbonyl (C=O) groups excluding carboxylic acids is 1. The van der Waals surface area contributed by atoms with E-state index in [1.54, 1.807) is 19.3 Å². The minimum absolute atomic E-state index is 0.0204. The molecule has 2 heterocycles. The number of methoxy groups -OCH3 is 1. The van der Waals surface area contributed by atoms with Crippen LogP contribution in [0.2, 0.25) is 5.28 Å². The fourth-order valence-corrected chi connectivity index (χ4v) is 1.71. The van der Waals surface area contributed by atoms with Gasteiger partial charge in [0.1, 0.15) is 11.6 Å². The summed E-state index contributed by atoms with van der Waals surface area (Å²) >= 11 is 5.79. The lowest BCUT2D eigenvalue weighted by Crippen LogP contribution is -2.12. The van der Waals surface area contributed by atoms with Gasteiger partial charge in [-0.3, -0.25) is 0 Å². The van der Waals surface area contributed by atoms with E-state index in [0.717, 1.165) is 5.76 Å². The van der Waals surface area contributed by atoms with Gasteiger partial charge < -0.3 is 14.5 Å². The van der Waals surface area contributed by atoms with E-state index >= 15 is 0 Å². The molecule has 0 amide bonds. The van der Waals surface area contributed by atoms with Gasteiger partial charge in [-0.2, -0.15) is 0 Å². The Labute approximate surface area is 128 Å². The van der Waals surface area contributed by atoms with Crippen molar-refractivity contribution >= 4 is 23.4 Å². The predicted octanol–water partition coefficient (Wildman–Crippen LogP) is 3.46. The number of aromatic nitrogens is 2. The maximum atomic E-state index is 11.6. The normalized spacial score (nSPS) is 9.57. The van der Waals surface area contributed by atoms with Gasteiger partial charge in [-0.1, -0.05) is 13.8 Å². The van der Waals surface area contributed by atoms with Gasteiger partial charge in [0, 0.05) is 5.56 Å². The van der Waals surface area contributed by atoms with Crippen molar-refractivity contribution in [1.82, 2.24) is 9.97 Å². The van der Waals surface area contributed by atoms with Crippen LogP contribution in [-0.2, 0) is 11.3 Å². The van der Waals surface area contributed by atoms with E-state index in [1.165, 1.54) is 7.11 Å². The zero-order valence-corrected chi connectivity index (χ0v) is 13.2. The van der Waals surface area contributed by atoms with Crippen LogP contribution in [-0.4, -0.2) is 23.0 Å². The molecule has 114 valence electrons. The fraction of sp³-hybridized carbons (Fsp3) is 0.357. The van der Waals surface area contributed by atoms with E-state index in [4.69, 9.17) is 16.0 Å². The lowest BCUT2D eigenvalue weighted by atomic mass is 10.2. The van der Waals surface area contributed by atoms with Crippen molar-refractivity contribution in [2.75, 3.05) is 12.4 Å². The van der Waals surface area contributed by atoms with Crippen LogP contribution < -0.4 is 5.32 Å². The van der Waals surface area contributed by atoms with Crippen LogP contribution >= 0.6 is 11.6 Å². The molecule has 0 aromatic carbocycles. The van der Waals surface area contributed by atoms with Crippen molar-refractivity contribution in [3.63, 3.8) is 0 Å². The summed E-state index contributed by atoms with van der Waals surface area (Å²) in [5.74, 6) is 0.661. The Morgan fingerprint density at radius 3 is 2.71 bits per heavy atom. The highest BCUT2D eigenvalue weighted by Crippen LogP contribution is 2.19. The molecule has 0 radical (unpaired) electrons. The Bertz CT molecular complexity index is 585. The Morgan fingerprint density at radius 1 is 1.43 bits per heavy atom. The van der Waals surface area contributed by atoms with Crippen molar-refractivity contribution in [3.05, 3.63) is 40.7 Å². The second-order valence-corrected chi connectivity index (χ2v) is 4.08. The Balaban J connectivity index is 0.00000106. The maximum absolute atomic E-state index is 11.6. The largest absolute Gasteiger partial charge is 0.467 e. The van der Waals surface area contributed by atoms with E-state index in [2.05, 4.69) is 20.0 Å². The number of hydrogen-bond donors (Lipinski definition) is 1. The summed E-state index contributed by atoms with van der Waals surface area (Å²) in [6.07, 6.45) is 1.58. The fourth-order valence-electron chi connectivity index (χ4n) is 1.54. The number of furan rings is 1. The number of hydrogen-bond acceptors (Lipinski definition) is 6. The monoisotopic (exact) mass is 311 g/mol. The van der Waals surface area contributed by atoms with E-state index < -0.39 is 5.97 Å². The highest BCUT2D eigenvalue weighted by molar-refractivity contribution is 6.28. The van der Waals surface area contributed by atoms with Crippen LogP contribution in [0.15, 0.2) is 22.8 Å². The molecule has 0 aliphatic rings. The second-order valence-electron chi connectivity index (χ2n) is 3.74. The van der Waals surface area contributed by atoms with Gasteiger partial charge in [0.25, 0.3) is 0 Å². The second kappa shape index (κ2) is 8.26. The molecule has 0 atom stereocenters. The molecule has 2 aromatic rings. The first-order valence-electron chi connectivity index (χ1n) is 6.50. The van der Waals surface area contributed by atoms with Crippen LogP contribution in [0, 0.1) is 6.92 Å². The third-order valence-electron chi connectivity index (χ3n) is 2.51. The van der Waals surface area contributed by atoms with Crippen molar-refractivity contribution in [2.45, 2.75) is 27.3 Å². The average Bonchev–Trinajstić information content (AvgIpc) is 3.02. The quantitative estimate of drug-likeness (QED) is 0.688. The lowest BCUT2D eigenvalue weighted by Gasteiger charge is -2.10. The zero-order valence-electron chi connectivity index (χ0n) is 12.4. The molecule has 0 saturated carbocycles. The first-order valence-corrected chi connectivity index (χ1v) is 6.88. The topological polar surface area (TPSA) is 77.2 Å². The Hall–Kier alpha value is -2.08. The summed E-state index contributed by atoms with van der Waals surface area (Å²) in [5.41, 5.74) is 0.715. The number of rotatable bonds is 4. The van der Waals surface area contributed by atoms with Crippen molar-refractivity contribution < 1.29 is 13.9 Å². The number of ether oxygens (including phenoxy) is 1. The molecule has 2 aromatic heterocycles. The molecular weight excluding hydrogens is 294 g/mol. The summed E-state index contributed by atoms with van der Waals surface area (Å²) in [7, 11) is 1.29. The summed E-state index contributed by atoms with van der Waals surface area (Å²) in [6.45, 7) is 6.15. The van der Waals surface area contributed by atoms with Crippen molar-refractivity contribution in [1.29, 1.82) is 0 Å². The number of carbonyl (C=O) groups is 1. The van der Waals surface area contributed by atoms with Crippen LogP contribution in [0.3, 0.4) is 0 Å². The SMILES string of the molecule is CC.COC(=O)c1nc(Cl)nc(NCc2ccco2)c1C. The third-order valence-corrected chi connectivity index (χ3v) is 2.68. The van der Waals surface area contributed by atoms with E-state index in [0.29, 0.717) is 17.9 Å². The summed E-state index contributed by atoms with van der Waals surface area (Å²) in [4.78, 5) is 19.5. The lowest BCUT2D eigenvalue weighted by molar-refractivity contribution is 0.0593. The van der Waals surface area contributed by atoms with Gasteiger partial charge in [-0.25, -0.2) is 14.8 Å². The number of halogens is 1. The van der Waals surface area contributed by atoms with E-state index in [-0.39, 0.29) is 11.0 Å². The van der Waals surface area contributed by atoms with Crippen LogP contribution in [0.4, 0.5) is 5.82 Å². The summed E-state index contributed by atoms with van der Waals surface area (Å²) < 4.78 is 9.84. The molecule has 0 fully saturated rings. The van der Waals surface area contributed by atoms with Gasteiger partial charge >= 0.3 is 5.97 Å². The molecule has 1 N–H and O–H groups in total. The highest BCUT2D eigenvalue weighted by Gasteiger charge is 2.17. The summed E-state index contributed by atoms with van der Waals surface area (Å²) in [6, 6.07) is 3.61. The Morgan fingerprint density at radius 2 is 2.14 bits per heavy atom. The van der Waals surface area contributed by atoms with Gasteiger partial charge in [0.05, 0.1) is 19.9 Å². The number of nitrogens with one attached hydrogen (secondary N) is 1.